The van der Waals surface area contributed by atoms with Crippen LogP contribution in [0.4, 0.5) is 5.69 Å². The van der Waals surface area contributed by atoms with E-state index in [2.05, 4.69) is 24.5 Å². The number of hydrogen-bond acceptors (Lipinski definition) is 2. The zero-order valence-electron chi connectivity index (χ0n) is 12.8. The summed E-state index contributed by atoms with van der Waals surface area (Å²) in [5.41, 5.74) is 2.00. The summed E-state index contributed by atoms with van der Waals surface area (Å²) >= 11 is 5.28. The summed E-state index contributed by atoms with van der Waals surface area (Å²) in [6.45, 7) is 5.02. The Morgan fingerprint density at radius 2 is 1.68 bits per heavy atom. The lowest BCUT2D eigenvalue weighted by Gasteiger charge is -2.14. The van der Waals surface area contributed by atoms with Crippen LogP contribution in [0.3, 0.4) is 0 Å². The van der Waals surface area contributed by atoms with E-state index in [0.29, 0.717) is 22.2 Å². The maximum Gasteiger partial charge on any atom is 0.195 e. The van der Waals surface area contributed by atoms with Gasteiger partial charge < -0.3 is 10.6 Å². The third-order valence-electron chi connectivity index (χ3n) is 3.13. The van der Waals surface area contributed by atoms with E-state index in [4.69, 9.17) is 12.2 Å². The van der Waals surface area contributed by atoms with Crippen LogP contribution in [0, 0.1) is 5.92 Å². The zero-order chi connectivity index (χ0) is 15.9. The van der Waals surface area contributed by atoms with Crippen molar-refractivity contribution in [2.24, 2.45) is 5.92 Å². The van der Waals surface area contributed by atoms with Crippen LogP contribution in [-0.2, 0) is 0 Å². The van der Waals surface area contributed by atoms with Gasteiger partial charge in [0, 0.05) is 17.7 Å². The summed E-state index contributed by atoms with van der Waals surface area (Å²) in [4.78, 5) is 12.6. The topological polar surface area (TPSA) is 41.1 Å². The van der Waals surface area contributed by atoms with E-state index in [-0.39, 0.29) is 5.78 Å². The van der Waals surface area contributed by atoms with Gasteiger partial charge in [0.05, 0.1) is 5.69 Å². The fourth-order valence-electron chi connectivity index (χ4n) is 2.00. The number of hydrogen-bond donors (Lipinski definition) is 2. The molecule has 0 saturated carbocycles. The molecule has 2 rings (SSSR count). The molecule has 0 spiro atoms. The minimum atomic E-state index is -0.0182. The average Bonchev–Trinajstić information content (AvgIpc) is 2.53. The Balaban J connectivity index is 2.17. The van der Waals surface area contributed by atoms with E-state index in [9.17, 15) is 4.79 Å². The van der Waals surface area contributed by atoms with Crippen LogP contribution in [0.15, 0.2) is 54.6 Å². The van der Waals surface area contributed by atoms with Crippen LogP contribution in [0.1, 0.15) is 29.8 Å². The van der Waals surface area contributed by atoms with Crippen molar-refractivity contribution in [3.8, 4) is 0 Å². The standard InChI is InChI=1S/C18H20N2OS/c1-13(2)12-19-18(22)20-16-11-7-6-10-15(16)17(21)14-8-4-3-5-9-14/h3-11,13H,12H2,1-2H3,(H2,19,20,22). The van der Waals surface area contributed by atoms with Gasteiger partial charge in [-0.1, -0.05) is 56.3 Å². The molecule has 2 aromatic rings. The van der Waals surface area contributed by atoms with E-state index in [0.717, 1.165) is 12.2 Å². The van der Waals surface area contributed by atoms with Crippen molar-refractivity contribution in [2.75, 3.05) is 11.9 Å². The highest BCUT2D eigenvalue weighted by Crippen LogP contribution is 2.19. The summed E-state index contributed by atoms with van der Waals surface area (Å²) in [5.74, 6) is 0.483. The molecular weight excluding hydrogens is 292 g/mol. The molecule has 114 valence electrons. The largest absolute Gasteiger partial charge is 0.362 e. The molecule has 0 aliphatic heterocycles. The van der Waals surface area contributed by atoms with Gasteiger partial charge in [0.1, 0.15) is 0 Å². The van der Waals surface area contributed by atoms with Crippen LogP contribution >= 0.6 is 12.2 Å². The molecule has 0 aromatic heterocycles. The third-order valence-corrected chi connectivity index (χ3v) is 3.37. The molecule has 0 unspecified atom stereocenters. The van der Waals surface area contributed by atoms with Crippen molar-refractivity contribution in [1.82, 2.24) is 5.32 Å². The summed E-state index contributed by atoms with van der Waals surface area (Å²) in [7, 11) is 0. The highest BCUT2D eigenvalue weighted by molar-refractivity contribution is 7.80. The lowest BCUT2D eigenvalue weighted by atomic mass is 10.0. The molecule has 0 aliphatic rings. The van der Waals surface area contributed by atoms with Crippen LogP contribution < -0.4 is 10.6 Å². The van der Waals surface area contributed by atoms with Crippen LogP contribution in [0.25, 0.3) is 0 Å². The number of thiocarbonyl (C=S) groups is 1. The van der Waals surface area contributed by atoms with E-state index in [1.165, 1.54) is 0 Å². The number of carbonyl (C=O) groups excluding carboxylic acids is 1. The Labute approximate surface area is 136 Å². The summed E-state index contributed by atoms with van der Waals surface area (Å²) in [6.07, 6.45) is 0. The van der Waals surface area contributed by atoms with Gasteiger partial charge >= 0.3 is 0 Å². The second-order valence-corrected chi connectivity index (χ2v) is 5.88. The Morgan fingerprint density at radius 1 is 1.05 bits per heavy atom. The first-order valence-electron chi connectivity index (χ1n) is 7.31. The maximum absolute atomic E-state index is 12.6. The molecule has 0 radical (unpaired) electrons. The van der Waals surface area contributed by atoms with Crippen molar-refractivity contribution in [1.29, 1.82) is 0 Å². The Bertz CT molecular complexity index is 653. The SMILES string of the molecule is CC(C)CNC(=S)Nc1ccccc1C(=O)c1ccccc1. The van der Waals surface area contributed by atoms with E-state index >= 15 is 0 Å². The first-order chi connectivity index (χ1) is 10.6. The molecular formula is C18H20N2OS. The zero-order valence-corrected chi connectivity index (χ0v) is 13.6. The summed E-state index contributed by atoms with van der Waals surface area (Å²) < 4.78 is 0. The molecule has 22 heavy (non-hydrogen) atoms. The Kier molecular flexibility index (Phi) is 5.67. The third kappa shape index (κ3) is 4.40. The number of ketones is 1. The lowest BCUT2D eigenvalue weighted by molar-refractivity contribution is 0.103. The molecule has 0 aliphatic carbocycles. The quantitative estimate of drug-likeness (QED) is 0.650. The second kappa shape index (κ2) is 7.71. The normalized spacial score (nSPS) is 10.3. The van der Waals surface area contributed by atoms with Gasteiger partial charge in [0.15, 0.2) is 10.9 Å². The number of anilines is 1. The molecule has 0 atom stereocenters. The number of rotatable bonds is 5. The smallest absolute Gasteiger partial charge is 0.195 e. The number of benzene rings is 2. The Morgan fingerprint density at radius 3 is 2.36 bits per heavy atom. The minimum Gasteiger partial charge on any atom is -0.362 e. The first-order valence-corrected chi connectivity index (χ1v) is 7.72. The van der Waals surface area contributed by atoms with Gasteiger partial charge in [0.2, 0.25) is 0 Å². The minimum absolute atomic E-state index is 0.0182. The monoisotopic (exact) mass is 312 g/mol. The van der Waals surface area contributed by atoms with Crippen LogP contribution in [0.2, 0.25) is 0 Å². The van der Waals surface area contributed by atoms with Crippen LogP contribution in [-0.4, -0.2) is 17.4 Å². The van der Waals surface area contributed by atoms with Gasteiger partial charge in [-0.15, -0.1) is 0 Å². The van der Waals surface area contributed by atoms with Crippen molar-refractivity contribution in [3.05, 3.63) is 65.7 Å². The summed E-state index contributed by atoms with van der Waals surface area (Å²) in [5, 5.41) is 6.79. The highest BCUT2D eigenvalue weighted by Gasteiger charge is 2.13. The lowest BCUT2D eigenvalue weighted by Crippen LogP contribution is -2.31. The van der Waals surface area contributed by atoms with Crippen molar-refractivity contribution in [3.63, 3.8) is 0 Å². The fourth-order valence-corrected chi connectivity index (χ4v) is 2.19. The van der Waals surface area contributed by atoms with Gasteiger partial charge in [-0.25, -0.2) is 0 Å². The molecule has 0 heterocycles. The first kappa shape index (κ1) is 16.2. The van der Waals surface area contributed by atoms with Gasteiger partial charge in [-0.2, -0.15) is 0 Å². The van der Waals surface area contributed by atoms with Crippen molar-refractivity contribution >= 4 is 28.8 Å². The molecule has 0 saturated heterocycles. The van der Waals surface area contributed by atoms with Gasteiger partial charge in [-0.05, 0) is 30.3 Å². The van der Waals surface area contributed by atoms with Gasteiger partial charge in [-0.3, -0.25) is 4.79 Å². The molecule has 3 nitrogen and oxygen atoms in total. The van der Waals surface area contributed by atoms with E-state index in [1.807, 2.05) is 54.6 Å². The maximum atomic E-state index is 12.6. The van der Waals surface area contributed by atoms with E-state index < -0.39 is 0 Å². The molecule has 0 amide bonds. The second-order valence-electron chi connectivity index (χ2n) is 5.47. The molecule has 2 N–H and O–H groups in total. The number of nitrogens with one attached hydrogen (secondary N) is 2. The Hall–Kier alpha value is -2.20. The van der Waals surface area contributed by atoms with Gasteiger partial charge in [0.25, 0.3) is 0 Å². The molecule has 0 fully saturated rings. The van der Waals surface area contributed by atoms with E-state index in [1.54, 1.807) is 0 Å². The van der Waals surface area contributed by atoms with Crippen LogP contribution in [0.5, 0.6) is 0 Å². The summed E-state index contributed by atoms with van der Waals surface area (Å²) in [6, 6.07) is 16.6. The molecule has 4 heteroatoms. The number of carbonyl (C=O) groups is 1. The molecule has 0 bridgehead atoms. The molecule has 2 aromatic carbocycles. The highest BCUT2D eigenvalue weighted by atomic mass is 32.1. The predicted molar refractivity (Wildman–Crippen MR) is 95.4 cm³/mol. The van der Waals surface area contributed by atoms with Crippen molar-refractivity contribution < 1.29 is 4.79 Å². The average molecular weight is 312 g/mol. The van der Waals surface area contributed by atoms with Crippen molar-refractivity contribution in [2.45, 2.75) is 13.8 Å². The predicted octanol–water partition coefficient (Wildman–Crippen LogP) is 3.86. The fraction of sp³-hybridized carbons (Fsp3) is 0.222. The number of para-hydroxylation sites is 1.